The van der Waals surface area contributed by atoms with Crippen molar-refractivity contribution in [3.05, 3.63) is 28.2 Å². The molecule has 0 aliphatic heterocycles. The zero-order valence-corrected chi connectivity index (χ0v) is 14.3. The van der Waals surface area contributed by atoms with E-state index in [9.17, 15) is 0 Å². The van der Waals surface area contributed by atoms with Crippen LogP contribution in [0.3, 0.4) is 0 Å². The van der Waals surface area contributed by atoms with Crippen molar-refractivity contribution in [3.63, 3.8) is 0 Å². The minimum Gasteiger partial charge on any atom is -0.494 e. The van der Waals surface area contributed by atoms with E-state index in [1.54, 1.807) is 0 Å². The van der Waals surface area contributed by atoms with Gasteiger partial charge in [-0.2, -0.15) is 5.26 Å². The van der Waals surface area contributed by atoms with Crippen LogP contribution in [0.1, 0.15) is 39.7 Å². The fraction of sp³-hybridized carbons (Fsp3) is 0.562. The monoisotopic (exact) mass is 338 g/mol. The third-order valence-corrected chi connectivity index (χ3v) is 3.79. The van der Waals surface area contributed by atoms with E-state index >= 15 is 0 Å². The molecule has 20 heavy (non-hydrogen) atoms. The third kappa shape index (κ3) is 5.94. The first-order chi connectivity index (χ1) is 9.34. The number of nitrogens with zero attached hydrogens (tertiary/aromatic N) is 1. The highest BCUT2D eigenvalue weighted by Crippen LogP contribution is 2.24. The molecule has 1 N–H and O–H groups in total. The lowest BCUT2D eigenvalue weighted by atomic mass is 9.92. The Morgan fingerprint density at radius 1 is 1.40 bits per heavy atom. The molecule has 0 radical (unpaired) electrons. The van der Waals surface area contributed by atoms with Gasteiger partial charge in [-0.3, -0.25) is 0 Å². The zero-order valence-electron chi connectivity index (χ0n) is 12.7. The van der Waals surface area contributed by atoms with Gasteiger partial charge in [0.25, 0.3) is 0 Å². The van der Waals surface area contributed by atoms with Crippen molar-refractivity contribution in [3.8, 4) is 11.8 Å². The Hall–Kier alpha value is -1.05. The summed E-state index contributed by atoms with van der Waals surface area (Å²) in [5, 5.41) is 12.4. The molecule has 0 unspecified atom stereocenters. The zero-order chi connectivity index (χ0) is 15.2. The average Bonchev–Trinajstić information content (AvgIpc) is 2.39. The number of ether oxygens (including phenoxy) is 1. The summed E-state index contributed by atoms with van der Waals surface area (Å²) in [5.41, 5.74) is 0.841. The molecule has 0 fully saturated rings. The van der Waals surface area contributed by atoms with Crippen LogP contribution in [-0.2, 0) is 6.54 Å². The summed E-state index contributed by atoms with van der Waals surface area (Å²) in [6.07, 6.45) is 0.721. The van der Waals surface area contributed by atoms with Crippen molar-refractivity contribution in [2.24, 2.45) is 5.41 Å². The molecule has 0 atom stereocenters. The smallest absolute Gasteiger partial charge is 0.119 e. The Bertz CT molecular complexity index is 478. The fourth-order valence-corrected chi connectivity index (χ4v) is 1.96. The van der Waals surface area contributed by atoms with Crippen molar-refractivity contribution >= 4 is 15.9 Å². The van der Waals surface area contributed by atoms with Gasteiger partial charge in [-0.15, -0.1) is 0 Å². The molecule has 0 aliphatic rings. The van der Waals surface area contributed by atoms with Crippen LogP contribution in [0.15, 0.2) is 22.7 Å². The van der Waals surface area contributed by atoms with Crippen LogP contribution in [0.4, 0.5) is 0 Å². The molecule has 0 heterocycles. The Morgan fingerprint density at radius 2 is 2.10 bits per heavy atom. The Kier molecular flexibility index (Phi) is 6.51. The van der Waals surface area contributed by atoms with Crippen LogP contribution < -0.4 is 10.1 Å². The SMILES string of the molecule is CC(C)NCc1cc(OCCC(C)(C)C#N)ccc1Br. The first-order valence-corrected chi connectivity index (χ1v) is 7.69. The van der Waals surface area contributed by atoms with E-state index in [1.807, 2.05) is 32.0 Å². The van der Waals surface area contributed by atoms with Crippen molar-refractivity contribution < 1.29 is 4.74 Å². The second kappa shape index (κ2) is 7.66. The molecule has 1 rings (SSSR count). The molecule has 0 saturated heterocycles. The van der Waals surface area contributed by atoms with Gasteiger partial charge < -0.3 is 10.1 Å². The summed E-state index contributed by atoms with van der Waals surface area (Å²) in [4.78, 5) is 0. The number of hydrogen-bond donors (Lipinski definition) is 1. The van der Waals surface area contributed by atoms with Gasteiger partial charge in [-0.05, 0) is 44.0 Å². The largest absolute Gasteiger partial charge is 0.494 e. The number of nitrogens with one attached hydrogen (secondary N) is 1. The topological polar surface area (TPSA) is 45.0 Å². The molecule has 1 aromatic rings. The van der Waals surface area contributed by atoms with E-state index in [2.05, 4.69) is 41.2 Å². The maximum atomic E-state index is 8.97. The molecule has 0 aliphatic carbocycles. The van der Waals surface area contributed by atoms with E-state index in [-0.39, 0.29) is 5.41 Å². The van der Waals surface area contributed by atoms with E-state index in [0.717, 1.165) is 23.2 Å². The molecule has 0 bridgehead atoms. The quantitative estimate of drug-likeness (QED) is 0.807. The summed E-state index contributed by atoms with van der Waals surface area (Å²) in [5.74, 6) is 0.850. The molecule has 0 aromatic heterocycles. The maximum Gasteiger partial charge on any atom is 0.119 e. The van der Waals surface area contributed by atoms with Gasteiger partial charge in [0.2, 0.25) is 0 Å². The predicted octanol–water partition coefficient (Wildman–Crippen LogP) is 4.27. The normalized spacial score (nSPS) is 11.4. The molecular formula is C16H23BrN2O. The highest BCUT2D eigenvalue weighted by molar-refractivity contribution is 9.10. The minimum atomic E-state index is -0.336. The van der Waals surface area contributed by atoms with Gasteiger partial charge in [0, 0.05) is 17.1 Å². The highest BCUT2D eigenvalue weighted by Gasteiger charge is 2.16. The maximum absolute atomic E-state index is 8.97. The lowest BCUT2D eigenvalue weighted by molar-refractivity contribution is 0.264. The standard InChI is InChI=1S/C16H23BrN2O/c1-12(2)19-10-13-9-14(5-6-15(13)17)20-8-7-16(3,4)11-18/h5-6,9,12,19H,7-8,10H2,1-4H3. The van der Waals surface area contributed by atoms with E-state index in [4.69, 9.17) is 10.00 Å². The van der Waals surface area contributed by atoms with Crippen LogP contribution in [0.5, 0.6) is 5.75 Å². The average molecular weight is 339 g/mol. The van der Waals surface area contributed by atoms with Crippen LogP contribution in [-0.4, -0.2) is 12.6 Å². The van der Waals surface area contributed by atoms with Crippen molar-refractivity contribution in [2.75, 3.05) is 6.61 Å². The van der Waals surface area contributed by atoms with Gasteiger partial charge in [0.15, 0.2) is 0 Å². The number of rotatable bonds is 7. The molecule has 110 valence electrons. The van der Waals surface area contributed by atoms with Crippen LogP contribution in [0, 0.1) is 16.7 Å². The number of nitriles is 1. The van der Waals surface area contributed by atoms with Crippen LogP contribution in [0.2, 0.25) is 0 Å². The number of benzene rings is 1. The van der Waals surface area contributed by atoms with E-state index < -0.39 is 0 Å². The van der Waals surface area contributed by atoms with Crippen LogP contribution in [0.25, 0.3) is 0 Å². The molecule has 1 aromatic carbocycles. The second-order valence-electron chi connectivity index (χ2n) is 5.88. The van der Waals surface area contributed by atoms with Gasteiger partial charge in [-0.25, -0.2) is 0 Å². The summed E-state index contributed by atoms with van der Waals surface area (Å²) >= 11 is 3.55. The molecule has 3 nitrogen and oxygen atoms in total. The van der Waals surface area contributed by atoms with Crippen molar-refractivity contribution in [1.29, 1.82) is 5.26 Å². The number of halogens is 1. The van der Waals surface area contributed by atoms with Gasteiger partial charge in [0.1, 0.15) is 5.75 Å². The first-order valence-electron chi connectivity index (χ1n) is 6.90. The lowest BCUT2D eigenvalue weighted by Gasteiger charge is -2.16. The molecular weight excluding hydrogens is 316 g/mol. The Labute approximate surface area is 130 Å². The highest BCUT2D eigenvalue weighted by atomic mass is 79.9. The summed E-state index contributed by atoms with van der Waals surface area (Å²) in [6, 6.07) is 8.72. The molecule has 0 saturated carbocycles. The van der Waals surface area contributed by atoms with Crippen molar-refractivity contribution in [1.82, 2.24) is 5.32 Å². The third-order valence-electron chi connectivity index (χ3n) is 3.02. The Morgan fingerprint density at radius 3 is 2.70 bits per heavy atom. The van der Waals surface area contributed by atoms with E-state index in [1.165, 1.54) is 5.56 Å². The molecule has 4 heteroatoms. The molecule has 0 spiro atoms. The fourth-order valence-electron chi connectivity index (χ4n) is 1.57. The van der Waals surface area contributed by atoms with Gasteiger partial charge in [-0.1, -0.05) is 29.8 Å². The molecule has 0 amide bonds. The second-order valence-corrected chi connectivity index (χ2v) is 6.74. The lowest BCUT2D eigenvalue weighted by Crippen LogP contribution is -2.22. The minimum absolute atomic E-state index is 0.336. The summed E-state index contributed by atoms with van der Waals surface area (Å²) in [6.45, 7) is 9.46. The van der Waals surface area contributed by atoms with Crippen molar-refractivity contribution in [2.45, 2.75) is 46.7 Å². The predicted molar refractivity (Wildman–Crippen MR) is 85.6 cm³/mol. The summed E-state index contributed by atoms with van der Waals surface area (Å²) < 4.78 is 6.83. The Balaban J connectivity index is 2.59. The first kappa shape index (κ1) is 17.0. The van der Waals surface area contributed by atoms with E-state index in [0.29, 0.717) is 12.6 Å². The summed E-state index contributed by atoms with van der Waals surface area (Å²) in [7, 11) is 0. The van der Waals surface area contributed by atoms with Gasteiger partial charge in [0.05, 0.1) is 18.1 Å². The number of hydrogen-bond acceptors (Lipinski definition) is 3. The van der Waals surface area contributed by atoms with Gasteiger partial charge >= 0.3 is 0 Å². The van der Waals surface area contributed by atoms with Crippen LogP contribution >= 0.6 is 15.9 Å².